The van der Waals surface area contributed by atoms with E-state index in [1.165, 1.54) is 9.87 Å². The van der Waals surface area contributed by atoms with Crippen molar-refractivity contribution in [3.8, 4) is 0 Å². The van der Waals surface area contributed by atoms with Crippen molar-refractivity contribution < 1.29 is 12.9 Å². The maximum absolute atomic E-state index is 13.2. The van der Waals surface area contributed by atoms with Gasteiger partial charge in [0.2, 0.25) is 10.0 Å². The molecule has 8 nitrogen and oxygen atoms in total. The Balaban J connectivity index is 1.65. The Morgan fingerprint density at radius 2 is 1.86 bits per heavy atom. The molecule has 1 saturated heterocycles. The largest absolute Gasteiger partial charge is 0.360 e. The summed E-state index contributed by atoms with van der Waals surface area (Å²) in [5, 5.41) is 3.81. The predicted molar refractivity (Wildman–Crippen MR) is 105 cm³/mol. The smallest absolute Gasteiger partial charge is 0.248 e. The number of hydrogen-bond donors (Lipinski definition) is 0. The highest BCUT2D eigenvalue weighted by molar-refractivity contribution is 7.89. The number of sulfonamides is 1. The number of nitrogens with zero attached hydrogens (tertiary/aromatic N) is 5. The highest BCUT2D eigenvalue weighted by Crippen LogP contribution is 2.33. The van der Waals surface area contributed by atoms with Gasteiger partial charge in [0.25, 0.3) is 0 Å². The number of fused-ring (bicyclic) bond motifs is 1. The molecule has 4 heterocycles. The summed E-state index contributed by atoms with van der Waals surface area (Å²) in [4.78, 5) is 12.0. The third kappa shape index (κ3) is 3.20. The van der Waals surface area contributed by atoms with E-state index in [0.717, 1.165) is 49.6 Å². The predicted octanol–water partition coefficient (Wildman–Crippen LogP) is 2.34. The van der Waals surface area contributed by atoms with E-state index in [-0.39, 0.29) is 10.8 Å². The van der Waals surface area contributed by atoms with Crippen LogP contribution in [-0.2, 0) is 16.4 Å². The number of anilines is 1. The highest BCUT2D eigenvalue weighted by atomic mass is 32.2. The van der Waals surface area contributed by atoms with E-state index >= 15 is 0 Å². The van der Waals surface area contributed by atoms with Crippen molar-refractivity contribution in [1.82, 2.24) is 19.4 Å². The molecule has 1 fully saturated rings. The first kappa shape index (κ1) is 19.3. The molecule has 2 aliphatic heterocycles. The maximum Gasteiger partial charge on any atom is 0.248 e. The molecule has 0 spiro atoms. The lowest BCUT2D eigenvalue weighted by Crippen LogP contribution is -2.40. The molecule has 4 rings (SSSR count). The molecule has 0 saturated carbocycles. The molecule has 0 aliphatic carbocycles. The lowest BCUT2D eigenvalue weighted by atomic mass is 9.97. The van der Waals surface area contributed by atoms with Crippen LogP contribution in [0.1, 0.15) is 53.7 Å². The minimum atomic E-state index is -3.65. The van der Waals surface area contributed by atoms with E-state index in [4.69, 9.17) is 14.5 Å². The number of aryl methyl sites for hydroxylation is 3. The zero-order chi connectivity index (χ0) is 20.1. The molecule has 0 aromatic carbocycles. The summed E-state index contributed by atoms with van der Waals surface area (Å²) in [6.07, 6.45) is 3.78. The van der Waals surface area contributed by atoms with Gasteiger partial charge in [-0.1, -0.05) is 5.16 Å². The van der Waals surface area contributed by atoms with Gasteiger partial charge < -0.3 is 9.42 Å². The molecule has 2 aliphatic rings. The van der Waals surface area contributed by atoms with Gasteiger partial charge in [0.1, 0.15) is 22.2 Å². The SMILES string of the molecule is Cc1nc(C2CCCN(S(=O)(=O)c3c(C)noc3C)C2)nc2c1CCCN2C. The van der Waals surface area contributed by atoms with E-state index in [1.807, 2.05) is 6.92 Å². The van der Waals surface area contributed by atoms with Crippen LogP contribution in [0.5, 0.6) is 0 Å². The summed E-state index contributed by atoms with van der Waals surface area (Å²) in [7, 11) is -1.59. The van der Waals surface area contributed by atoms with Crippen LogP contribution in [0.3, 0.4) is 0 Å². The van der Waals surface area contributed by atoms with Crippen molar-refractivity contribution in [2.75, 3.05) is 31.6 Å². The molecule has 1 atom stereocenters. The highest BCUT2D eigenvalue weighted by Gasteiger charge is 2.36. The molecule has 0 bridgehead atoms. The normalized spacial score (nSPS) is 21.0. The van der Waals surface area contributed by atoms with Crippen LogP contribution in [0.15, 0.2) is 9.42 Å². The van der Waals surface area contributed by atoms with Gasteiger partial charge in [-0.3, -0.25) is 0 Å². The maximum atomic E-state index is 13.2. The molecule has 0 amide bonds. The molecule has 152 valence electrons. The Kier molecular flexibility index (Phi) is 4.91. The molecule has 2 aromatic rings. The quantitative estimate of drug-likeness (QED) is 0.774. The van der Waals surface area contributed by atoms with E-state index in [1.54, 1.807) is 13.8 Å². The summed E-state index contributed by atoms with van der Waals surface area (Å²) in [6.45, 7) is 7.20. The van der Waals surface area contributed by atoms with Crippen LogP contribution in [0.25, 0.3) is 0 Å². The van der Waals surface area contributed by atoms with Gasteiger partial charge >= 0.3 is 0 Å². The topological polar surface area (TPSA) is 92.4 Å². The van der Waals surface area contributed by atoms with Crippen molar-refractivity contribution in [1.29, 1.82) is 0 Å². The first-order valence-corrected chi connectivity index (χ1v) is 11.2. The lowest BCUT2D eigenvalue weighted by molar-refractivity contribution is 0.308. The summed E-state index contributed by atoms with van der Waals surface area (Å²) in [6, 6.07) is 0. The summed E-state index contributed by atoms with van der Waals surface area (Å²) in [5.74, 6) is 2.08. The molecule has 0 radical (unpaired) electrons. The molecular formula is C19H27N5O3S. The van der Waals surface area contributed by atoms with Crippen LogP contribution in [0, 0.1) is 20.8 Å². The third-order valence-electron chi connectivity index (χ3n) is 5.81. The summed E-state index contributed by atoms with van der Waals surface area (Å²) in [5.41, 5.74) is 2.63. The van der Waals surface area contributed by atoms with Crippen molar-refractivity contribution in [3.05, 3.63) is 28.5 Å². The average Bonchev–Trinajstić information content (AvgIpc) is 3.01. The number of aromatic nitrogens is 3. The Hall–Kier alpha value is -2.00. The van der Waals surface area contributed by atoms with Gasteiger partial charge in [-0.05, 0) is 46.5 Å². The molecule has 1 unspecified atom stereocenters. The second-order valence-corrected chi connectivity index (χ2v) is 9.72. The van der Waals surface area contributed by atoms with E-state index < -0.39 is 10.0 Å². The van der Waals surface area contributed by atoms with Gasteiger partial charge in [-0.15, -0.1) is 0 Å². The number of piperidine rings is 1. The molecular weight excluding hydrogens is 378 g/mol. The Morgan fingerprint density at radius 1 is 1.07 bits per heavy atom. The van der Waals surface area contributed by atoms with Crippen molar-refractivity contribution in [3.63, 3.8) is 0 Å². The van der Waals surface area contributed by atoms with Crippen LogP contribution in [0.2, 0.25) is 0 Å². The van der Waals surface area contributed by atoms with Crippen molar-refractivity contribution in [2.24, 2.45) is 0 Å². The van der Waals surface area contributed by atoms with Crippen LogP contribution in [-0.4, -0.2) is 54.5 Å². The van der Waals surface area contributed by atoms with E-state index in [2.05, 4.69) is 17.1 Å². The second kappa shape index (κ2) is 7.11. The fraction of sp³-hybridized carbons (Fsp3) is 0.632. The molecule has 2 aromatic heterocycles. The van der Waals surface area contributed by atoms with Gasteiger partial charge in [0, 0.05) is 43.9 Å². The number of hydrogen-bond acceptors (Lipinski definition) is 7. The zero-order valence-electron chi connectivity index (χ0n) is 16.9. The van der Waals surface area contributed by atoms with Crippen LogP contribution >= 0.6 is 0 Å². The minimum absolute atomic E-state index is 0.0108. The van der Waals surface area contributed by atoms with E-state index in [9.17, 15) is 8.42 Å². The standard InChI is InChI=1S/C19H27N5O3S/c1-12-16-8-6-9-23(4)19(16)21-18(20-12)15-7-5-10-24(11-15)28(25,26)17-13(2)22-27-14(17)3/h15H,5-11H2,1-4H3. The second-order valence-electron chi connectivity index (χ2n) is 7.85. The van der Waals surface area contributed by atoms with Gasteiger partial charge in [-0.25, -0.2) is 18.4 Å². The van der Waals surface area contributed by atoms with Crippen molar-refractivity contribution in [2.45, 2.75) is 57.3 Å². The Labute approximate surface area is 166 Å². The first-order valence-electron chi connectivity index (χ1n) is 9.80. The minimum Gasteiger partial charge on any atom is -0.360 e. The monoisotopic (exact) mass is 405 g/mol. The fourth-order valence-corrected chi connectivity index (χ4v) is 6.15. The summed E-state index contributed by atoms with van der Waals surface area (Å²) < 4.78 is 33.0. The zero-order valence-corrected chi connectivity index (χ0v) is 17.7. The van der Waals surface area contributed by atoms with Crippen LogP contribution in [0.4, 0.5) is 5.82 Å². The first-order chi connectivity index (χ1) is 13.3. The average molecular weight is 406 g/mol. The van der Waals surface area contributed by atoms with Gasteiger partial charge in [0.05, 0.1) is 0 Å². The molecule has 9 heteroatoms. The molecule has 0 N–H and O–H groups in total. The Bertz CT molecular complexity index is 982. The summed E-state index contributed by atoms with van der Waals surface area (Å²) >= 11 is 0. The van der Waals surface area contributed by atoms with Crippen LogP contribution < -0.4 is 4.90 Å². The van der Waals surface area contributed by atoms with Gasteiger partial charge in [-0.2, -0.15) is 4.31 Å². The van der Waals surface area contributed by atoms with E-state index in [0.29, 0.717) is 24.5 Å². The number of rotatable bonds is 3. The van der Waals surface area contributed by atoms with Gasteiger partial charge in [0.15, 0.2) is 5.76 Å². The lowest BCUT2D eigenvalue weighted by Gasteiger charge is -2.33. The van der Waals surface area contributed by atoms with Crippen molar-refractivity contribution >= 4 is 15.8 Å². The third-order valence-corrected chi connectivity index (χ3v) is 7.92. The molecule has 28 heavy (non-hydrogen) atoms. The fourth-order valence-electron chi connectivity index (χ4n) is 4.34. The Morgan fingerprint density at radius 3 is 2.57 bits per heavy atom.